The molecule has 0 bridgehead atoms. The maximum Gasteiger partial charge on any atom is 0.411 e. The molecule has 0 radical (unpaired) electrons. The SMILES string of the molecule is CN(C)c1cc(NC(=O)OCC(C)(C)C)c(O)c2c1C[C@H]1C[C@H]3[C@H](N(C)C)C(=O)C(C(N)=O)=C(O)[C@@]3(N=O)C(=O)C1=C2O. The fourth-order valence-corrected chi connectivity index (χ4v) is 6.37. The first-order valence-corrected chi connectivity index (χ1v) is 13.7. The van der Waals surface area contributed by atoms with Crippen LogP contribution in [0.1, 0.15) is 38.3 Å². The fourth-order valence-electron chi connectivity index (χ4n) is 6.37. The molecule has 4 atom stereocenters. The van der Waals surface area contributed by atoms with Gasteiger partial charge < -0.3 is 30.7 Å². The lowest BCUT2D eigenvalue weighted by molar-refractivity contribution is -0.134. The zero-order valence-electron chi connectivity index (χ0n) is 25.1. The Morgan fingerprint density at radius 1 is 1.16 bits per heavy atom. The van der Waals surface area contributed by atoms with Crippen molar-refractivity contribution in [3.63, 3.8) is 0 Å². The molecule has 14 nitrogen and oxygen atoms in total. The minimum Gasteiger partial charge on any atom is -0.508 e. The number of aliphatic hydroxyl groups excluding tert-OH is 2. The quantitative estimate of drug-likeness (QED) is 0.182. The molecule has 2 amide bonds. The van der Waals surface area contributed by atoms with E-state index in [0.717, 1.165) is 0 Å². The maximum atomic E-state index is 14.2. The van der Waals surface area contributed by atoms with Gasteiger partial charge in [-0.25, -0.2) is 4.79 Å². The van der Waals surface area contributed by atoms with Gasteiger partial charge in [0.2, 0.25) is 11.3 Å². The number of fused-ring (bicyclic) bond motifs is 3. The highest BCUT2D eigenvalue weighted by Crippen LogP contribution is 2.55. The highest BCUT2D eigenvalue weighted by Gasteiger charge is 2.66. The van der Waals surface area contributed by atoms with Crippen LogP contribution in [0.3, 0.4) is 0 Å². The van der Waals surface area contributed by atoms with E-state index in [1.807, 2.05) is 20.8 Å². The number of phenols is 1. The number of ketones is 2. The summed E-state index contributed by atoms with van der Waals surface area (Å²) in [7, 11) is 6.47. The number of carbonyl (C=O) groups excluding carboxylic acids is 4. The van der Waals surface area contributed by atoms with E-state index in [4.69, 9.17) is 10.5 Å². The molecular weight excluding hydrogens is 562 g/mol. The third-order valence-electron chi connectivity index (χ3n) is 8.20. The van der Waals surface area contributed by atoms with E-state index in [-0.39, 0.29) is 41.7 Å². The number of amides is 2. The summed E-state index contributed by atoms with van der Waals surface area (Å²) in [6.45, 7) is 5.70. The van der Waals surface area contributed by atoms with Crippen LogP contribution in [0.2, 0.25) is 0 Å². The number of nitrogens with two attached hydrogens (primary N) is 1. The van der Waals surface area contributed by atoms with Gasteiger partial charge in [-0.1, -0.05) is 20.8 Å². The molecule has 3 aliphatic carbocycles. The number of primary amides is 1. The second-order valence-electron chi connectivity index (χ2n) is 12.9. The topological polar surface area (TPSA) is 212 Å². The Hall–Kier alpha value is -4.46. The van der Waals surface area contributed by atoms with Gasteiger partial charge in [-0.15, -0.1) is 4.91 Å². The number of nitrogens with zero attached hydrogens (tertiary/aromatic N) is 3. The number of aliphatic hydroxyl groups is 2. The van der Waals surface area contributed by atoms with Crippen LogP contribution in [-0.2, 0) is 25.5 Å². The van der Waals surface area contributed by atoms with E-state index in [1.165, 1.54) is 25.1 Å². The molecule has 0 unspecified atom stereocenters. The van der Waals surface area contributed by atoms with E-state index < -0.39 is 69.8 Å². The van der Waals surface area contributed by atoms with Gasteiger partial charge in [0.25, 0.3) is 5.91 Å². The fraction of sp³-hybridized carbons (Fsp3) is 0.517. The summed E-state index contributed by atoms with van der Waals surface area (Å²) in [6, 6.07) is 0.297. The first kappa shape index (κ1) is 31.5. The molecule has 14 heteroatoms. The average Bonchev–Trinajstić information content (AvgIpc) is 2.88. The summed E-state index contributed by atoms with van der Waals surface area (Å²) < 4.78 is 5.25. The van der Waals surface area contributed by atoms with Crippen molar-refractivity contribution in [3.05, 3.63) is 39.0 Å². The van der Waals surface area contributed by atoms with Gasteiger partial charge in [0, 0.05) is 31.3 Å². The lowest BCUT2D eigenvalue weighted by atomic mass is 9.56. The lowest BCUT2D eigenvalue weighted by Crippen LogP contribution is -2.64. The van der Waals surface area contributed by atoms with Gasteiger partial charge in [0.15, 0.2) is 11.5 Å². The number of hydrogen-bond donors (Lipinski definition) is 5. The number of anilines is 2. The molecule has 232 valence electrons. The van der Waals surface area contributed by atoms with Gasteiger partial charge >= 0.3 is 6.09 Å². The number of benzene rings is 1. The third-order valence-corrected chi connectivity index (χ3v) is 8.20. The molecule has 0 aromatic heterocycles. The highest BCUT2D eigenvalue weighted by molar-refractivity contribution is 6.25. The molecule has 1 fully saturated rings. The minimum absolute atomic E-state index is 0.0617. The Morgan fingerprint density at radius 3 is 2.30 bits per heavy atom. The van der Waals surface area contributed by atoms with E-state index in [9.17, 15) is 39.4 Å². The number of nitrogens with one attached hydrogen (secondary N) is 1. The molecule has 0 spiro atoms. The van der Waals surface area contributed by atoms with Crippen LogP contribution >= 0.6 is 0 Å². The van der Waals surface area contributed by atoms with Crippen molar-refractivity contribution >= 4 is 40.7 Å². The number of rotatable bonds is 6. The number of Topliss-reactive ketones (excluding diaryl/α,β-unsaturated/α-hetero) is 2. The standard InChI is InChI=1S/C29H37N5O9/c1-28(2,3)11-43-27(41)31-15-10-16(33(4)5)13-8-12-9-14-20(34(6)7)23(37)19(26(30)40)25(39)29(14,32-42)24(38)17(12)22(36)18(13)21(15)35/h10,12,14,20,35-36,39H,8-9,11H2,1-7H3,(H2,30,40)(H,31,41)/t12-,14-,20-,29-/m0/s1. The number of carbonyl (C=O) groups is 4. The average molecular weight is 600 g/mol. The molecule has 1 aromatic rings. The Labute approximate surface area is 248 Å². The molecule has 0 heterocycles. The predicted molar refractivity (Wildman–Crippen MR) is 157 cm³/mol. The third kappa shape index (κ3) is 4.88. The van der Waals surface area contributed by atoms with Crippen molar-refractivity contribution in [2.45, 2.75) is 45.2 Å². The van der Waals surface area contributed by atoms with Crippen molar-refractivity contribution in [1.82, 2.24) is 4.90 Å². The van der Waals surface area contributed by atoms with Gasteiger partial charge in [-0.3, -0.25) is 24.6 Å². The maximum absolute atomic E-state index is 14.2. The summed E-state index contributed by atoms with van der Waals surface area (Å²) >= 11 is 0. The van der Waals surface area contributed by atoms with Gasteiger partial charge in [0.05, 0.1) is 23.9 Å². The molecule has 4 rings (SSSR count). The summed E-state index contributed by atoms with van der Waals surface area (Å²) in [5, 5.41) is 39.5. The van der Waals surface area contributed by atoms with E-state index >= 15 is 0 Å². The predicted octanol–water partition coefficient (Wildman–Crippen LogP) is 2.40. The van der Waals surface area contributed by atoms with E-state index in [1.54, 1.807) is 19.0 Å². The molecular formula is C29H37N5O9. The van der Waals surface area contributed by atoms with Crippen LogP contribution < -0.4 is 16.0 Å². The largest absolute Gasteiger partial charge is 0.508 e. The number of likely N-dealkylation sites (N-methyl/N-ethyl adjacent to an activating group) is 1. The second kappa shape index (κ2) is 10.7. The van der Waals surface area contributed by atoms with Gasteiger partial charge in [-0.2, -0.15) is 0 Å². The first-order chi connectivity index (χ1) is 19.9. The van der Waals surface area contributed by atoms with Gasteiger partial charge in [0.1, 0.15) is 17.1 Å². The van der Waals surface area contributed by atoms with Crippen molar-refractivity contribution in [1.29, 1.82) is 0 Å². The van der Waals surface area contributed by atoms with Crippen LogP contribution in [0.25, 0.3) is 5.76 Å². The van der Waals surface area contributed by atoms with Crippen LogP contribution in [0.5, 0.6) is 5.75 Å². The Kier molecular flexibility index (Phi) is 7.81. The second-order valence-corrected chi connectivity index (χ2v) is 12.9. The monoisotopic (exact) mass is 599 g/mol. The van der Waals surface area contributed by atoms with E-state index in [0.29, 0.717) is 11.3 Å². The lowest BCUT2D eigenvalue weighted by Gasteiger charge is -2.49. The van der Waals surface area contributed by atoms with Gasteiger partial charge in [-0.05, 0) is 55.1 Å². The normalized spacial score (nSPS) is 25.2. The number of ether oxygens (including phenoxy) is 1. The van der Waals surface area contributed by atoms with Crippen LogP contribution in [0.15, 0.2) is 28.1 Å². The van der Waals surface area contributed by atoms with Crippen molar-refractivity contribution in [2.24, 2.45) is 28.2 Å². The highest BCUT2D eigenvalue weighted by atomic mass is 16.5. The number of aromatic hydroxyl groups is 1. The van der Waals surface area contributed by atoms with Crippen LogP contribution in [0, 0.1) is 22.2 Å². The van der Waals surface area contributed by atoms with Crippen LogP contribution in [-0.4, -0.2) is 90.2 Å². The smallest absolute Gasteiger partial charge is 0.411 e. The minimum atomic E-state index is -2.63. The molecule has 1 saturated carbocycles. The molecule has 1 aromatic carbocycles. The summed E-state index contributed by atoms with van der Waals surface area (Å²) in [5.74, 6) is -7.64. The van der Waals surface area contributed by atoms with Crippen molar-refractivity contribution < 1.29 is 39.2 Å². The molecule has 3 aliphatic rings. The Balaban J connectivity index is 1.93. The molecule has 0 aliphatic heterocycles. The summed E-state index contributed by atoms with van der Waals surface area (Å²) in [6.07, 6.45) is -0.830. The summed E-state index contributed by atoms with van der Waals surface area (Å²) in [4.78, 5) is 68.0. The molecule has 43 heavy (non-hydrogen) atoms. The van der Waals surface area contributed by atoms with Crippen molar-refractivity contribution in [2.75, 3.05) is 45.0 Å². The number of phenolic OH excluding ortho intramolecular Hbond substituents is 1. The zero-order chi connectivity index (χ0) is 32.3. The number of hydrogen-bond acceptors (Lipinski definition) is 12. The Morgan fingerprint density at radius 2 is 1.79 bits per heavy atom. The zero-order valence-corrected chi connectivity index (χ0v) is 25.1. The van der Waals surface area contributed by atoms with E-state index in [2.05, 4.69) is 10.5 Å². The van der Waals surface area contributed by atoms with Crippen molar-refractivity contribution in [3.8, 4) is 5.75 Å². The Bertz CT molecular complexity index is 1500. The molecule has 6 N–H and O–H groups in total. The number of nitroso groups, excluding NO2 is 1. The summed E-state index contributed by atoms with van der Waals surface area (Å²) in [5.41, 5.74) is 1.90. The first-order valence-electron chi connectivity index (χ1n) is 13.7. The molecule has 0 saturated heterocycles. The van der Waals surface area contributed by atoms with Crippen LogP contribution in [0.4, 0.5) is 16.2 Å².